The first kappa shape index (κ1) is 20.5. The Balaban J connectivity index is 1.90. The van der Waals surface area contributed by atoms with Crippen molar-refractivity contribution in [2.45, 2.75) is 18.0 Å². The Morgan fingerprint density at radius 3 is 2.58 bits per heavy atom. The number of hydrogen-bond donors (Lipinski definition) is 0. The molecule has 0 saturated heterocycles. The van der Waals surface area contributed by atoms with Gasteiger partial charge in [-0.25, -0.2) is 0 Å². The van der Waals surface area contributed by atoms with Gasteiger partial charge in [-0.3, -0.25) is 0 Å². The zero-order valence-corrected chi connectivity index (χ0v) is 15.5. The summed E-state index contributed by atoms with van der Waals surface area (Å²) in [6.45, 7) is 5.87. The molecule has 0 spiro atoms. The van der Waals surface area contributed by atoms with E-state index in [1.54, 1.807) is 6.07 Å². The van der Waals surface area contributed by atoms with Crippen molar-refractivity contribution in [3.63, 3.8) is 0 Å². The maximum Gasteiger partial charge on any atom is 0.417 e. The van der Waals surface area contributed by atoms with E-state index in [0.29, 0.717) is 11.5 Å². The molecule has 26 heavy (non-hydrogen) atoms. The summed E-state index contributed by atoms with van der Waals surface area (Å²) in [5.74, 6) is 1.25. The Kier molecular flexibility index (Phi) is 6.89. The van der Waals surface area contributed by atoms with Crippen molar-refractivity contribution < 1.29 is 22.6 Å². The lowest BCUT2D eigenvalue weighted by Crippen LogP contribution is -2.07. The Bertz CT molecular complexity index is 791. The molecule has 0 bridgehead atoms. The summed E-state index contributed by atoms with van der Waals surface area (Å²) in [4.78, 5) is 0.996. The molecular weight excluding hydrogens is 385 g/mol. The summed E-state index contributed by atoms with van der Waals surface area (Å²) in [6, 6.07) is 9.01. The maximum atomic E-state index is 12.8. The van der Waals surface area contributed by atoms with E-state index in [2.05, 4.69) is 6.58 Å². The summed E-state index contributed by atoms with van der Waals surface area (Å²) in [5, 5.41) is -0.362. The molecule has 7 heteroatoms. The Hall–Kier alpha value is -1.79. The predicted octanol–water partition coefficient (Wildman–Crippen LogP) is 6.44. The van der Waals surface area contributed by atoms with Gasteiger partial charge < -0.3 is 9.47 Å². The lowest BCUT2D eigenvalue weighted by molar-refractivity contribution is -0.137. The van der Waals surface area contributed by atoms with Crippen LogP contribution in [0.25, 0.3) is 0 Å². The molecule has 2 rings (SSSR count). The highest BCUT2D eigenvalue weighted by molar-refractivity contribution is 7.99. The van der Waals surface area contributed by atoms with E-state index in [9.17, 15) is 13.2 Å². The lowest BCUT2D eigenvalue weighted by atomic mass is 10.2. The highest BCUT2D eigenvalue weighted by Gasteiger charge is 2.33. The predicted molar refractivity (Wildman–Crippen MR) is 97.9 cm³/mol. The van der Waals surface area contributed by atoms with Gasteiger partial charge in [0.15, 0.2) is 7.11 Å². The number of aryl methyl sites for hydroxylation is 1. The Morgan fingerprint density at radius 1 is 1.23 bits per heavy atom. The fourth-order valence-corrected chi connectivity index (χ4v) is 3.17. The third-order valence-corrected chi connectivity index (χ3v) is 4.87. The second-order valence-corrected chi connectivity index (χ2v) is 6.97. The van der Waals surface area contributed by atoms with E-state index in [1.807, 2.05) is 19.1 Å². The quantitative estimate of drug-likeness (QED) is 0.393. The first-order chi connectivity index (χ1) is 12.2. The van der Waals surface area contributed by atoms with Crippen LogP contribution in [0, 0.1) is 14.0 Å². The van der Waals surface area contributed by atoms with Crippen LogP contribution < -0.4 is 9.47 Å². The zero-order chi connectivity index (χ0) is 19.3. The molecule has 0 amide bonds. The van der Waals surface area contributed by atoms with E-state index >= 15 is 0 Å². The number of rotatable bonds is 7. The number of hydrogen-bond acceptors (Lipinski definition) is 3. The van der Waals surface area contributed by atoms with Gasteiger partial charge in [0.25, 0.3) is 0 Å². The highest BCUT2D eigenvalue weighted by atomic mass is 35.5. The summed E-state index contributed by atoms with van der Waals surface area (Å²) in [7, 11) is 5.15. The maximum absolute atomic E-state index is 12.8. The monoisotopic (exact) mass is 400 g/mol. The second-order valence-electron chi connectivity index (χ2n) is 5.51. The fraction of sp³-hybridized carbons (Fsp3) is 0.211. The molecule has 2 aromatic rings. The van der Waals surface area contributed by atoms with Crippen LogP contribution in [0.3, 0.4) is 0 Å². The highest BCUT2D eigenvalue weighted by Crippen LogP contribution is 2.36. The normalized spacial score (nSPS) is 11.3. The molecule has 0 aliphatic heterocycles. The van der Waals surface area contributed by atoms with E-state index in [-0.39, 0.29) is 17.4 Å². The molecule has 0 unspecified atom stereocenters. The number of benzene rings is 2. The van der Waals surface area contributed by atoms with E-state index in [1.165, 1.54) is 23.9 Å². The Morgan fingerprint density at radius 2 is 1.96 bits per heavy atom. The Labute approximate surface area is 160 Å². The van der Waals surface area contributed by atoms with Gasteiger partial charge in [0.1, 0.15) is 18.1 Å². The molecule has 0 aliphatic rings. The largest absolute Gasteiger partial charge is 0.489 e. The van der Waals surface area contributed by atoms with Crippen LogP contribution in [0.4, 0.5) is 13.2 Å². The summed E-state index contributed by atoms with van der Waals surface area (Å²) in [6.07, 6.45) is -4.53. The average molecular weight is 401 g/mol. The standard InChI is InChI=1S/C19H16ClF3O2S/c1-12(11-26-15-5-7-18(24-3)13(2)8-15)10-25-14-4-6-17(20)16(9-14)19(21,22)23/h3-9H,1,10-11H2,2H3. The molecule has 0 saturated carbocycles. The van der Waals surface area contributed by atoms with Crippen molar-refractivity contribution in [2.75, 3.05) is 12.4 Å². The van der Waals surface area contributed by atoms with Gasteiger partial charge in [-0.05, 0) is 54.5 Å². The van der Waals surface area contributed by atoms with Gasteiger partial charge in [-0.2, -0.15) is 13.2 Å². The molecule has 0 aromatic heterocycles. The van der Waals surface area contributed by atoms with Crippen LogP contribution in [0.2, 0.25) is 5.02 Å². The van der Waals surface area contributed by atoms with Crippen LogP contribution in [0.15, 0.2) is 53.4 Å². The van der Waals surface area contributed by atoms with E-state index in [0.717, 1.165) is 22.1 Å². The average Bonchev–Trinajstić information content (AvgIpc) is 2.58. The van der Waals surface area contributed by atoms with Crippen molar-refractivity contribution in [1.82, 2.24) is 0 Å². The molecule has 2 aromatic carbocycles. The number of alkyl halides is 3. The second kappa shape index (κ2) is 8.73. The summed E-state index contributed by atoms with van der Waals surface area (Å²) < 4.78 is 48.7. The van der Waals surface area contributed by atoms with Gasteiger partial charge >= 0.3 is 6.18 Å². The van der Waals surface area contributed by atoms with Crippen molar-refractivity contribution >= 4 is 23.4 Å². The first-order valence-corrected chi connectivity index (χ1v) is 8.83. The number of thioether (sulfide) groups is 1. The van der Waals surface area contributed by atoms with Gasteiger partial charge in [-0.1, -0.05) is 18.2 Å². The molecule has 2 nitrogen and oxygen atoms in total. The van der Waals surface area contributed by atoms with Crippen molar-refractivity contribution in [3.05, 3.63) is 71.8 Å². The van der Waals surface area contributed by atoms with E-state index < -0.39 is 11.7 Å². The minimum atomic E-state index is -4.53. The molecule has 2 radical (unpaired) electrons. The minimum Gasteiger partial charge on any atom is -0.489 e. The molecule has 0 aliphatic carbocycles. The van der Waals surface area contributed by atoms with Crippen molar-refractivity contribution in [2.24, 2.45) is 0 Å². The van der Waals surface area contributed by atoms with Gasteiger partial charge in [0.2, 0.25) is 0 Å². The SMILES string of the molecule is [CH]Oc1ccc(SCC(=C)COc2ccc(Cl)c(C(F)(F)F)c2)cc1C. The van der Waals surface area contributed by atoms with Crippen molar-refractivity contribution in [1.29, 1.82) is 0 Å². The molecular formula is C19H16ClF3O2S. The van der Waals surface area contributed by atoms with E-state index in [4.69, 9.17) is 28.2 Å². The molecule has 0 heterocycles. The number of ether oxygens (including phenoxy) is 2. The van der Waals surface area contributed by atoms with Crippen LogP contribution in [-0.4, -0.2) is 12.4 Å². The summed E-state index contributed by atoms with van der Waals surface area (Å²) in [5.41, 5.74) is 0.713. The third-order valence-electron chi connectivity index (χ3n) is 3.40. The number of halogens is 4. The fourth-order valence-electron chi connectivity index (χ4n) is 2.07. The third kappa shape index (κ3) is 5.61. The van der Waals surface area contributed by atoms with Crippen LogP contribution in [0.1, 0.15) is 11.1 Å². The summed E-state index contributed by atoms with van der Waals surface area (Å²) >= 11 is 7.11. The smallest absolute Gasteiger partial charge is 0.417 e. The van der Waals surface area contributed by atoms with Gasteiger partial charge in [0, 0.05) is 10.6 Å². The van der Waals surface area contributed by atoms with Gasteiger partial charge in [0.05, 0.1) is 10.6 Å². The molecule has 0 atom stereocenters. The topological polar surface area (TPSA) is 18.5 Å². The van der Waals surface area contributed by atoms with Crippen molar-refractivity contribution in [3.8, 4) is 11.5 Å². The first-order valence-electron chi connectivity index (χ1n) is 7.47. The van der Waals surface area contributed by atoms with Crippen LogP contribution in [-0.2, 0) is 6.18 Å². The molecule has 0 fully saturated rings. The van der Waals surface area contributed by atoms with Gasteiger partial charge in [-0.15, -0.1) is 11.8 Å². The molecule has 0 N–H and O–H groups in total. The lowest BCUT2D eigenvalue weighted by Gasteiger charge is -2.13. The van der Waals surface area contributed by atoms with Crippen LogP contribution >= 0.6 is 23.4 Å². The minimum absolute atomic E-state index is 0.0909. The van der Waals surface area contributed by atoms with Crippen LogP contribution in [0.5, 0.6) is 11.5 Å². The molecule has 138 valence electrons. The zero-order valence-electron chi connectivity index (χ0n) is 13.9.